The predicted molar refractivity (Wildman–Crippen MR) is 75.8 cm³/mol. The zero-order valence-corrected chi connectivity index (χ0v) is 11.9. The van der Waals surface area contributed by atoms with Gasteiger partial charge in [-0.3, -0.25) is 14.4 Å². The summed E-state index contributed by atoms with van der Waals surface area (Å²) in [6.07, 6.45) is 1.56. The molecule has 0 unspecified atom stereocenters. The molecule has 0 fully saturated rings. The first-order valence-corrected chi connectivity index (χ1v) is 6.55. The van der Waals surface area contributed by atoms with Gasteiger partial charge in [0.05, 0.1) is 19.8 Å². The summed E-state index contributed by atoms with van der Waals surface area (Å²) in [5.41, 5.74) is 0.0467. The van der Waals surface area contributed by atoms with Crippen molar-refractivity contribution in [2.45, 2.75) is 13.0 Å². The van der Waals surface area contributed by atoms with Crippen LogP contribution in [0.15, 0.2) is 39.7 Å². The smallest absolute Gasteiger partial charge is 0.307 e. The highest BCUT2D eigenvalue weighted by Gasteiger charge is 2.09. The lowest BCUT2D eigenvalue weighted by atomic mass is 10.3. The number of aromatic nitrogens is 2. The molecule has 0 saturated carbocycles. The summed E-state index contributed by atoms with van der Waals surface area (Å²) in [5.74, 6) is -0.342. The Kier molecular flexibility index (Phi) is 5.07. The van der Waals surface area contributed by atoms with Crippen molar-refractivity contribution in [3.8, 4) is 11.5 Å². The highest BCUT2D eigenvalue weighted by atomic mass is 16.5. The van der Waals surface area contributed by atoms with Crippen LogP contribution >= 0.6 is 0 Å². The number of rotatable bonds is 6. The van der Waals surface area contributed by atoms with E-state index in [1.165, 1.54) is 25.5 Å². The molecule has 0 aromatic carbocycles. The minimum absolute atomic E-state index is 0.0665. The summed E-state index contributed by atoms with van der Waals surface area (Å²) in [4.78, 5) is 34.4. The summed E-state index contributed by atoms with van der Waals surface area (Å²) >= 11 is 0. The Labute approximate surface area is 125 Å². The summed E-state index contributed by atoms with van der Waals surface area (Å²) in [5, 5.41) is 6.59. The number of nitrogens with zero attached hydrogens (tertiary/aromatic N) is 2. The van der Waals surface area contributed by atoms with Crippen LogP contribution in [-0.4, -0.2) is 35.3 Å². The Morgan fingerprint density at radius 2 is 2.18 bits per heavy atom. The molecule has 0 spiro atoms. The number of hydrogen-bond donors (Lipinski definition) is 1. The van der Waals surface area contributed by atoms with Gasteiger partial charge in [0.1, 0.15) is 12.2 Å². The second-order valence-corrected chi connectivity index (χ2v) is 4.37. The Balaban J connectivity index is 2.00. The van der Waals surface area contributed by atoms with Crippen molar-refractivity contribution in [2.24, 2.45) is 0 Å². The van der Waals surface area contributed by atoms with Gasteiger partial charge in [0.15, 0.2) is 5.76 Å². The number of carbonyl (C=O) groups is 2. The van der Waals surface area contributed by atoms with Gasteiger partial charge in [0.2, 0.25) is 5.91 Å². The number of amides is 1. The summed E-state index contributed by atoms with van der Waals surface area (Å²) in [7, 11) is 1.27. The van der Waals surface area contributed by atoms with Crippen molar-refractivity contribution in [3.63, 3.8) is 0 Å². The standard InChI is InChI=1S/C14H15N3O5/c1-21-14(20)6-7-15-12(18)9-17-13(19)5-4-10(16-17)11-3-2-8-22-11/h2-5,8H,6-7,9H2,1H3,(H,15,18). The van der Waals surface area contributed by atoms with Crippen molar-refractivity contribution in [1.29, 1.82) is 0 Å². The molecule has 1 amide bonds. The van der Waals surface area contributed by atoms with Crippen LogP contribution in [0.25, 0.3) is 11.5 Å². The number of hydrogen-bond acceptors (Lipinski definition) is 6. The van der Waals surface area contributed by atoms with E-state index in [1.807, 2.05) is 0 Å². The maximum absolute atomic E-state index is 11.7. The third kappa shape index (κ3) is 4.05. The summed E-state index contributed by atoms with van der Waals surface area (Å²) < 4.78 is 10.7. The molecule has 22 heavy (non-hydrogen) atoms. The lowest BCUT2D eigenvalue weighted by molar-refractivity contribution is -0.140. The van der Waals surface area contributed by atoms with E-state index in [9.17, 15) is 14.4 Å². The quantitative estimate of drug-likeness (QED) is 0.764. The van der Waals surface area contributed by atoms with E-state index in [4.69, 9.17) is 4.42 Å². The lowest BCUT2D eigenvalue weighted by Crippen LogP contribution is -2.34. The molecule has 8 heteroatoms. The van der Waals surface area contributed by atoms with Crippen LogP contribution in [0.5, 0.6) is 0 Å². The average Bonchev–Trinajstić information content (AvgIpc) is 3.03. The van der Waals surface area contributed by atoms with Gasteiger partial charge < -0.3 is 14.5 Å². The number of nitrogens with one attached hydrogen (secondary N) is 1. The van der Waals surface area contributed by atoms with Crippen LogP contribution in [0.3, 0.4) is 0 Å². The number of methoxy groups -OCH3 is 1. The molecule has 0 saturated heterocycles. The molecule has 8 nitrogen and oxygen atoms in total. The van der Waals surface area contributed by atoms with Gasteiger partial charge in [-0.2, -0.15) is 5.10 Å². The molecule has 2 aromatic heterocycles. The molecule has 0 aliphatic carbocycles. The normalized spacial score (nSPS) is 10.2. The van der Waals surface area contributed by atoms with E-state index in [-0.39, 0.29) is 19.5 Å². The topological polar surface area (TPSA) is 103 Å². The molecular formula is C14H15N3O5. The van der Waals surface area contributed by atoms with E-state index in [0.29, 0.717) is 11.5 Å². The first kappa shape index (κ1) is 15.5. The second kappa shape index (κ2) is 7.21. The number of esters is 1. The first-order chi connectivity index (χ1) is 10.6. The van der Waals surface area contributed by atoms with E-state index in [2.05, 4.69) is 15.2 Å². The van der Waals surface area contributed by atoms with Gasteiger partial charge in [0.25, 0.3) is 5.56 Å². The van der Waals surface area contributed by atoms with Gasteiger partial charge in [-0.1, -0.05) is 0 Å². The van der Waals surface area contributed by atoms with Crippen LogP contribution in [0.2, 0.25) is 0 Å². The van der Waals surface area contributed by atoms with E-state index < -0.39 is 17.4 Å². The molecule has 0 aliphatic heterocycles. The van der Waals surface area contributed by atoms with Crippen molar-refractivity contribution in [2.75, 3.05) is 13.7 Å². The van der Waals surface area contributed by atoms with Crippen molar-refractivity contribution < 1.29 is 18.7 Å². The molecule has 1 N–H and O–H groups in total. The zero-order chi connectivity index (χ0) is 15.9. The van der Waals surface area contributed by atoms with Crippen LogP contribution in [0.1, 0.15) is 6.42 Å². The molecule has 2 heterocycles. The highest BCUT2D eigenvalue weighted by molar-refractivity contribution is 5.76. The van der Waals surface area contributed by atoms with Crippen molar-refractivity contribution in [3.05, 3.63) is 40.9 Å². The minimum atomic E-state index is -0.421. The highest BCUT2D eigenvalue weighted by Crippen LogP contribution is 2.14. The van der Waals surface area contributed by atoms with Gasteiger partial charge in [-0.25, -0.2) is 4.68 Å². The third-order valence-electron chi connectivity index (χ3n) is 2.81. The molecule has 0 atom stereocenters. The SMILES string of the molecule is COC(=O)CCNC(=O)Cn1nc(-c2ccco2)ccc1=O. The van der Waals surface area contributed by atoms with E-state index in [1.54, 1.807) is 12.1 Å². The molecule has 116 valence electrons. The van der Waals surface area contributed by atoms with Gasteiger partial charge in [-0.15, -0.1) is 0 Å². The molecule has 0 radical (unpaired) electrons. The zero-order valence-electron chi connectivity index (χ0n) is 11.9. The summed E-state index contributed by atoms with van der Waals surface area (Å²) in [6.45, 7) is -0.104. The van der Waals surface area contributed by atoms with Gasteiger partial charge in [-0.05, 0) is 18.2 Å². The predicted octanol–water partition coefficient (Wildman–Crippen LogP) is 0.183. The number of ether oxygens (including phenoxy) is 1. The maximum Gasteiger partial charge on any atom is 0.307 e. The van der Waals surface area contributed by atoms with Crippen LogP contribution < -0.4 is 10.9 Å². The van der Waals surface area contributed by atoms with Crippen LogP contribution in [-0.2, 0) is 20.9 Å². The Morgan fingerprint density at radius 1 is 1.36 bits per heavy atom. The lowest BCUT2D eigenvalue weighted by Gasteiger charge is -2.07. The fraction of sp³-hybridized carbons (Fsp3) is 0.286. The van der Waals surface area contributed by atoms with Crippen molar-refractivity contribution in [1.82, 2.24) is 15.1 Å². The Bertz CT molecular complexity index is 706. The molecule has 0 bridgehead atoms. The molecule has 2 aromatic rings. The fourth-order valence-electron chi connectivity index (χ4n) is 1.72. The van der Waals surface area contributed by atoms with Crippen LogP contribution in [0.4, 0.5) is 0 Å². The second-order valence-electron chi connectivity index (χ2n) is 4.37. The maximum atomic E-state index is 11.7. The van der Waals surface area contributed by atoms with Gasteiger partial charge >= 0.3 is 5.97 Å². The number of furan rings is 1. The van der Waals surface area contributed by atoms with Gasteiger partial charge in [0, 0.05) is 12.6 Å². The van der Waals surface area contributed by atoms with E-state index in [0.717, 1.165) is 4.68 Å². The molecular weight excluding hydrogens is 290 g/mol. The minimum Gasteiger partial charge on any atom is -0.469 e. The van der Waals surface area contributed by atoms with E-state index >= 15 is 0 Å². The number of carbonyl (C=O) groups excluding carboxylic acids is 2. The largest absolute Gasteiger partial charge is 0.469 e. The average molecular weight is 305 g/mol. The monoisotopic (exact) mass is 305 g/mol. The Hall–Kier alpha value is -2.90. The fourth-order valence-corrected chi connectivity index (χ4v) is 1.72. The Morgan fingerprint density at radius 3 is 2.86 bits per heavy atom. The van der Waals surface area contributed by atoms with Crippen molar-refractivity contribution >= 4 is 11.9 Å². The summed E-state index contributed by atoms with van der Waals surface area (Å²) in [6, 6.07) is 6.24. The molecule has 2 rings (SSSR count). The van der Waals surface area contributed by atoms with Crippen LogP contribution in [0, 0.1) is 0 Å². The first-order valence-electron chi connectivity index (χ1n) is 6.55. The molecule has 0 aliphatic rings. The third-order valence-corrected chi connectivity index (χ3v) is 2.81.